The second kappa shape index (κ2) is 5.05. The molecule has 1 N–H and O–H groups in total. The quantitative estimate of drug-likeness (QED) is 0.786. The first kappa shape index (κ1) is 11.0. The molecule has 3 rings (SSSR count). The molecular formula is C14H26N2. The average Bonchev–Trinajstić information content (AvgIpc) is 2.95. The highest BCUT2D eigenvalue weighted by molar-refractivity contribution is 4.95. The lowest BCUT2D eigenvalue weighted by atomic mass is 10.0. The molecule has 3 fully saturated rings. The molecule has 0 amide bonds. The van der Waals surface area contributed by atoms with Crippen LogP contribution in [0.15, 0.2) is 0 Å². The van der Waals surface area contributed by atoms with Crippen molar-refractivity contribution in [2.75, 3.05) is 19.6 Å². The number of hydrogen-bond donors (Lipinski definition) is 1. The summed E-state index contributed by atoms with van der Waals surface area (Å²) < 4.78 is 0. The van der Waals surface area contributed by atoms with Crippen molar-refractivity contribution < 1.29 is 0 Å². The van der Waals surface area contributed by atoms with Crippen molar-refractivity contribution in [2.24, 2.45) is 5.92 Å². The number of hydrogen-bond acceptors (Lipinski definition) is 2. The third-order valence-corrected chi connectivity index (χ3v) is 5.04. The molecule has 2 unspecified atom stereocenters. The molecule has 0 spiro atoms. The summed E-state index contributed by atoms with van der Waals surface area (Å²) >= 11 is 0. The van der Waals surface area contributed by atoms with Gasteiger partial charge in [0.2, 0.25) is 0 Å². The summed E-state index contributed by atoms with van der Waals surface area (Å²) in [5, 5.41) is 3.84. The second-order valence-corrected chi connectivity index (χ2v) is 6.03. The van der Waals surface area contributed by atoms with Gasteiger partial charge < -0.3 is 5.32 Å². The van der Waals surface area contributed by atoms with Gasteiger partial charge in [-0.15, -0.1) is 0 Å². The average molecular weight is 222 g/mol. The molecule has 0 aromatic rings. The molecule has 1 aliphatic carbocycles. The molecule has 0 radical (unpaired) electrons. The van der Waals surface area contributed by atoms with Gasteiger partial charge in [0.15, 0.2) is 0 Å². The molecule has 2 heterocycles. The first-order valence-corrected chi connectivity index (χ1v) is 7.41. The zero-order chi connectivity index (χ0) is 10.8. The minimum atomic E-state index is 0.823. The van der Waals surface area contributed by atoms with Gasteiger partial charge in [0.25, 0.3) is 0 Å². The van der Waals surface area contributed by atoms with Crippen LogP contribution in [-0.2, 0) is 0 Å². The van der Waals surface area contributed by atoms with E-state index >= 15 is 0 Å². The van der Waals surface area contributed by atoms with Crippen LogP contribution in [0.2, 0.25) is 0 Å². The van der Waals surface area contributed by atoms with Crippen LogP contribution < -0.4 is 5.32 Å². The van der Waals surface area contributed by atoms with Crippen LogP contribution in [0.4, 0.5) is 0 Å². The highest BCUT2D eigenvalue weighted by Crippen LogP contribution is 2.29. The zero-order valence-electron chi connectivity index (χ0n) is 10.5. The normalized spacial score (nSPS) is 36.0. The fraction of sp³-hybridized carbons (Fsp3) is 1.00. The van der Waals surface area contributed by atoms with E-state index in [1.165, 1.54) is 71.0 Å². The predicted octanol–water partition coefficient (Wildman–Crippen LogP) is 2.39. The Bertz CT molecular complexity index is 223. The minimum absolute atomic E-state index is 0.823. The van der Waals surface area contributed by atoms with Crippen LogP contribution >= 0.6 is 0 Å². The number of fused-ring (bicyclic) bond motifs is 1. The third-order valence-electron chi connectivity index (χ3n) is 5.04. The molecular weight excluding hydrogens is 196 g/mol. The molecule has 16 heavy (non-hydrogen) atoms. The summed E-state index contributed by atoms with van der Waals surface area (Å²) in [5.41, 5.74) is 0. The van der Waals surface area contributed by atoms with Crippen molar-refractivity contribution in [1.82, 2.24) is 10.2 Å². The summed E-state index contributed by atoms with van der Waals surface area (Å²) in [6.45, 7) is 4.00. The Hall–Kier alpha value is -0.0800. The molecule has 2 nitrogen and oxygen atoms in total. The molecule has 2 aliphatic heterocycles. The molecule has 0 bridgehead atoms. The van der Waals surface area contributed by atoms with E-state index < -0.39 is 0 Å². The first-order chi connectivity index (χ1) is 7.93. The number of nitrogens with zero attached hydrogens (tertiary/aromatic N) is 1. The molecule has 0 aromatic heterocycles. The predicted molar refractivity (Wildman–Crippen MR) is 67.6 cm³/mol. The lowest BCUT2D eigenvalue weighted by Crippen LogP contribution is -2.39. The molecule has 0 aromatic carbocycles. The highest BCUT2D eigenvalue weighted by atomic mass is 15.2. The van der Waals surface area contributed by atoms with E-state index in [1.807, 2.05) is 0 Å². The van der Waals surface area contributed by atoms with E-state index in [1.54, 1.807) is 0 Å². The van der Waals surface area contributed by atoms with E-state index in [4.69, 9.17) is 0 Å². The fourth-order valence-corrected chi connectivity index (χ4v) is 4.09. The zero-order valence-corrected chi connectivity index (χ0v) is 10.5. The lowest BCUT2D eigenvalue weighted by molar-refractivity contribution is 0.296. The summed E-state index contributed by atoms with van der Waals surface area (Å²) in [6.07, 6.45) is 11.7. The Kier molecular flexibility index (Phi) is 3.49. The molecule has 2 saturated heterocycles. The molecule has 3 aliphatic rings. The Morgan fingerprint density at radius 3 is 2.69 bits per heavy atom. The Morgan fingerprint density at radius 2 is 1.81 bits per heavy atom. The van der Waals surface area contributed by atoms with Gasteiger partial charge in [-0.3, -0.25) is 4.90 Å². The summed E-state index contributed by atoms with van der Waals surface area (Å²) in [5.74, 6) is 1.05. The fourth-order valence-electron chi connectivity index (χ4n) is 4.09. The van der Waals surface area contributed by atoms with Gasteiger partial charge in [0, 0.05) is 18.6 Å². The smallest absolute Gasteiger partial charge is 0.0250 e. The van der Waals surface area contributed by atoms with Crippen LogP contribution in [0.1, 0.15) is 51.4 Å². The maximum absolute atomic E-state index is 3.84. The van der Waals surface area contributed by atoms with Crippen LogP contribution in [0.3, 0.4) is 0 Å². The minimum Gasteiger partial charge on any atom is -0.312 e. The Labute approximate surface area is 99.8 Å². The highest BCUT2D eigenvalue weighted by Gasteiger charge is 2.36. The third kappa shape index (κ3) is 2.28. The van der Waals surface area contributed by atoms with Crippen LogP contribution in [-0.4, -0.2) is 36.6 Å². The first-order valence-electron chi connectivity index (χ1n) is 7.41. The molecule has 2 heteroatoms. The van der Waals surface area contributed by atoms with Gasteiger partial charge in [-0.1, -0.05) is 25.7 Å². The van der Waals surface area contributed by atoms with E-state index in [-0.39, 0.29) is 0 Å². The molecule has 2 atom stereocenters. The van der Waals surface area contributed by atoms with Gasteiger partial charge in [-0.25, -0.2) is 0 Å². The van der Waals surface area contributed by atoms with Crippen LogP contribution in [0, 0.1) is 5.92 Å². The van der Waals surface area contributed by atoms with E-state index in [0.717, 1.165) is 18.0 Å². The van der Waals surface area contributed by atoms with Crippen LogP contribution in [0.25, 0.3) is 0 Å². The maximum atomic E-state index is 3.84. The van der Waals surface area contributed by atoms with E-state index in [9.17, 15) is 0 Å². The maximum Gasteiger partial charge on any atom is 0.0250 e. The lowest BCUT2D eigenvalue weighted by Gasteiger charge is -2.22. The van der Waals surface area contributed by atoms with Crippen molar-refractivity contribution in [3.05, 3.63) is 0 Å². The van der Waals surface area contributed by atoms with E-state index in [2.05, 4.69) is 10.2 Å². The van der Waals surface area contributed by atoms with Crippen LogP contribution in [0.5, 0.6) is 0 Å². The van der Waals surface area contributed by atoms with Crippen molar-refractivity contribution in [2.45, 2.75) is 63.5 Å². The number of rotatable bonds is 4. The SMILES string of the molecule is C1CCC(CCNC2CCN3CCCC23)C1. The number of nitrogens with one attached hydrogen (secondary N) is 1. The van der Waals surface area contributed by atoms with Crippen molar-refractivity contribution in [1.29, 1.82) is 0 Å². The summed E-state index contributed by atoms with van der Waals surface area (Å²) in [4.78, 5) is 2.70. The van der Waals surface area contributed by atoms with Gasteiger partial charge in [-0.05, 0) is 44.7 Å². The van der Waals surface area contributed by atoms with Gasteiger partial charge >= 0.3 is 0 Å². The van der Waals surface area contributed by atoms with Gasteiger partial charge in [0.1, 0.15) is 0 Å². The van der Waals surface area contributed by atoms with E-state index in [0.29, 0.717) is 0 Å². The Balaban J connectivity index is 1.38. The monoisotopic (exact) mass is 222 g/mol. The van der Waals surface area contributed by atoms with Gasteiger partial charge in [-0.2, -0.15) is 0 Å². The molecule has 1 saturated carbocycles. The van der Waals surface area contributed by atoms with Crippen molar-refractivity contribution in [3.63, 3.8) is 0 Å². The Morgan fingerprint density at radius 1 is 0.938 bits per heavy atom. The standard InChI is InChI=1S/C14H26N2/c1-2-5-12(4-1)7-9-15-13-8-11-16-10-3-6-14(13)16/h12-15H,1-11H2. The second-order valence-electron chi connectivity index (χ2n) is 6.03. The van der Waals surface area contributed by atoms with Crippen molar-refractivity contribution >= 4 is 0 Å². The largest absolute Gasteiger partial charge is 0.312 e. The molecule has 92 valence electrons. The van der Waals surface area contributed by atoms with Gasteiger partial charge in [0.05, 0.1) is 0 Å². The summed E-state index contributed by atoms with van der Waals surface area (Å²) in [7, 11) is 0. The summed E-state index contributed by atoms with van der Waals surface area (Å²) in [6, 6.07) is 1.72. The van der Waals surface area contributed by atoms with Crippen molar-refractivity contribution in [3.8, 4) is 0 Å². The topological polar surface area (TPSA) is 15.3 Å².